The van der Waals surface area contributed by atoms with E-state index in [0.29, 0.717) is 17.1 Å². The smallest absolute Gasteiger partial charge is 0.217 e. The molecule has 0 bridgehead atoms. The number of phenols is 1. The molecule has 0 saturated heterocycles. The van der Waals surface area contributed by atoms with Crippen molar-refractivity contribution in [3.8, 4) is 17.4 Å². The van der Waals surface area contributed by atoms with E-state index in [9.17, 15) is 5.11 Å². The molecule has 0 amide bonds. The summed E-state index contributed by atoms with van der Waals surface area (Å²) in [6.45, 7) is 2.01. The minimum Gasteiger partial charge on any atom is -0.506 e. The minimum absolute atomic E-state index is 0. The van der Waals surface area contributed by atoms with E-state index < -0.39 is 11.9 Å². The second kappa shape index (κ2) is 8.06. The summed E-state index contributed by atoms with van der Waals surface area (Å²) in [6, 6.07) is 25.3. The molecule has 0 saturated carbocycles. The number of hydrogen-bond acceptors (Lipinski definition) is 5. The molecule has 1 aliphatic carbocycles. The zero-order valence-electron chi connectivity index (χ0n) is 19.0. The standard InChI is InChI=1S/C26H19N2O2S.Pt/c1-26-20-10-3-2-6-17(20)15-22(26)31-25(28-26)18-8-4-9-19(14-18)30-23-13-12-16-7-5-11-21(29)24(16)27-23;/h2-13,22,29H,15H2,1H3;/q-1;/t22-,26+;/m1./s1/i15D2;. The first-order valence-electron chi connectivity index (χ1n) is 11.0. The van der Waals surface area contributed by atoms with Crippen LogP contribution in [-0.4, -0.2) is 20.4 Å². The van der Waals surface area contributed by atoms with Crippen molar-refractivity contribution in [3.05, 3.63) is 95.6 Å². The first-order valence-corrected chi connectivity index (χ1v) is 10.9. The van der Waals surface area contributed by atoms with Gasteiger partial charge in [-0.15, -0.1) is 23.8 Å². The van der Waals surface area contributed by atoms with Gasteiger partial charge in [-0.2, -0.15) is 11.8 Å². The number of benzene rings is 3. The number of thioether (sulfide) groups is 1. The second-order valence-corrected chi connectivity index (χ2v) is 8.88. The van der Waals surface area contributed by atoms with Crippen LogP contribution in [0.1, 0.15) is 26.4 Å². The number of hydrogen-bond donors (Lipinski definition) is 1. The molecule has 2 heterocycles. The molecule has 1 aliphatic heterocycles. The molecule has 4 nitrogen and oxygen atoms in total. The van der Waals surface area contributed by atoms with Gasteiger partial charge in [0, 0.05) is 51.3 Å². The Kier molecular flexibility index (Phi) is 4.76. The molecule has 1 aromatic heterocycles. The maximum Gasteiger partial charge on any atom is 0.217 e. The van der Waals surface area contributed by atoms with Gasteiger partial charge in [-0.25, -0.2) is 4.98 Å². The summed E-state index contributed by atoms with van der Waals surface area (Å²) < 4.78 is 23.5. The Morgan fingerprint density at radius 2 is 1.94 bits per heavy atom. The summed E-state index contributed by atoms with van der Waals surface area (Å²) in [5, 5.41) is 11.3. The maximum absolute atomic E-state index is 10.1. The predicted molar refractivity (Wildman–Crippen MR) is 124 cm³/mol. The third-order valence-corrected chi connectivity index (χ3v) is 7.07. The van der Waals surface area contributed by atoms with Gasteiger partial charge in [-0.1, -0.05) is 42.5 Å². The molecule has 1 N–H and O–H groups in total. The van der Waals surface area contributed by atoms with E-state index in [2.05, 4.69) is 11.1 Å². The molecule has 0 fully saturated rings. The van der Waals surface area contributed by atoms with Crippen molar-refractivity contribution in [1.29, 1.82) is 0 Å². The van der Waals surface area contributed by atoms with E-state index in [1.807, 2.05) is 55.5 Å². The van der Waals surface area contributed by atoms with Crippen LogP contribution >= 0.6 is 11.8 Å². The molecular formula is C26H19N2O2PtS-. The first kappa shape index (κ1) is 18.9. The van der Waals surface area contributed by atoms with Gasteiger partial charge >= 0.3 is 0 Å². The van der Waals surface area contributed by atoms with Crippen molar-refractivity contribution in [2.45, 2.75) is 24.1 Å². The monoisotopic (exact) mass is 620 g/mol. The van der Waals surface area contributed by atoms with Crippen molar-refractivity contribution >= 4 is 27.7 Å². The summed E-state index contributed by atoms with van der Waals surface area (Å²) in [4.78, 5) is 9.42. The van der Waals surface area contributed by atoms with Crippen LogP contribution in [0.15, 0.2) is 77.8 Å². The number of ether oxygens (including phenoxy) is 1. The Bertz CT molecular complexity index is 1460. The van der Waals surface area contributed by atoms with Gasteiger partial charge in [0.05, 0.1) is 5.54 Å². The Morgan fingerprint density at radius 3 is 2.84 bits per heavy atom. The number of aromatic nitrogens is 1. The number of nitrogens with zero attached hydrogens (tertiary/aromatic N) is 2. The SMILES string of the molecule is [2H]C1([2H])c2ccccc2[C@]2(C)N=C(c3[c-]c(Oc4ccc5cccc(O)c5n4)ccc3)S[C@H]12.[Pt]. The van der Waals surface area contributed by atoms with Crippen LogP contribution in [0.2, 0.25) is 0 Å². The molecule has 0 radical (unpaired) electrons. The molecule has 2 aliphatic rings. The van der Waals surface area contributed by atoms with Crippen LogP contribution in [0.25, 0.3) is 10.9 Å². The molecule has 162 valence electrons. The zero-order chi connectivity index (χ0) is 22.8. The minimum atomic E-state index is -1.48. The van der Waals surface area contributed by atoms with E-state index in [1.165, 1.54) is 11.8 Å². The predicted octanol–water partition coefficient (Wildman–Crippen LogP) is 5.86. The van der Waals surface area contributed by atoms with E-state index in [1.54, 1.807) is 24.3 Å². The molecule has 6 heteroatoms. The topological polar surface area (TPSA) is 54.7 Å². The van der Waals surface area contributed by atoms with Crippen molar-refractivity contribution in [2.24, 2.45) is 4.99 Å². The molecule has 6 rings (SSSR count). The number of fused-ring (bicyclic) bond motifs is 4. The third kappa shape index (κ3) is 3.44. The van der Waals surface area contributed by atoms with Crippen LogP contribution < -0.4 is 4.74 Å². The normalized spacial score (nSPS) is 23.4. The Hall–Kier alpha value is -2.62. The second-order valence-electron chi connectivity index (χ2n) is 7.78. The maximum atomic E-state index is 10.1. The number of rotatable bonds is 3. The van der Waals surface area contributed by atoms with E-state index in [-0.39, 0.29) is 32.1 Å². The van der Waals surface area contributed by atoms with Crippen molar-refractivity contribution in [2.75, 3.05) is 0 Å². The molecule has 0 spiro atoms. The molecule has 0 unspecified atom stereocenters. The quantitative estimate of drug-likeness (QED) is 0.292. The van der Waals surface area contributed by atoms with Gasteiger partial charge in [-0.05, 0) is 36.6 Å². The van der Waals surface area contributed by atoms with Crippen LogP contribution in [0.5, 0.6) is 17.4 Å². The van der Waals surface area contributed by atoms with Gasteiger partial charge in [0.25, 0.3) is 0 Å². The van der Waals surface area contributed by atoms with Crippen molar-refractivity contribution in [3.63, 3.8) is 0 Å². The third-order valence-electron chi connectivity index (χ3n) is 5.72. The summed E-state index contributed by atoms with van der Waals surface area (Å²) >= 11 is 1.46. The van der Waals surface area contributed by atoms with Crippen LogP contribution in [-0.2, 0) is 33.0 Å². The number of aliphatic imine (C=N–C) groups is 1. The Labute approximate surface area is 207 Å². The van der Waals surface area contributed by atoms with E-state index in [4.69, 9.17) is 12.5 Å². The summed E-state index contributed by atoms with van der Waals surface area (Å²) in [5.41, 5.74) is 2.26. The average molecular weight is 621 g/mol. The fourth-order valence-electron chi connectivity index (χ4n) is 4.12. The first-order chi connectivity index (χ1) is 15.9. The summed E-state index contributed by atoms with van der Waals surface area (Å²) in [5.74, 6) is 0.929. The number of phenolic OH excluding ortho intramolecular Hbond substituents is 1. The number of aromatic hydroxyl groups is 1. The van der Waals surface area contributed by atoms with Crippen LogP contribution in [0, 0.1) is 6.07 Å². The van der Waals surface area contributed by atoms with Crippen molar-refractivity contribution < 1.29 is 33.7 Å². The van der Waals surface area contributed by atoms with E-state index in [0.717, 1.165) is 27.1 Å². The molecule has 2 atom stereocenters. The summed E-state index contributed by atoms with van der Waals surface area (Å²) in [6.07, 6.45) is -1.48. The molecular weight excluding hydrogens is 599 g/mol. The fraction of sp³-hybridized carbons (Fsp3) is 0.154. The molecule has 32 heavy (non-hydrogen) atoms. The van der Waals surface area contributed by atoms with E-state index >= 15 is 0 Å². The van der Waals surface area contributed by atoms with Gasteiger partial charge in [0.1, 0.15) is 11.3 Å². The Morgan fingerprint density at radius 1 is 1.09 bits per heavy atom. The van der Waals surface area contributed by atoms with Crippen molar-refractivity contribution in [1.82, 2.24) is 4.98 Å². The molecule has 4 aromatic rings. The molecule has 3 aromatic carbocycles. The van der Waals surface area contributed by atoms with Gasteiger partial charge in [-0.3, -0.25) is 0 Å². The fourth-order valence-corrected chi connectivity index (χ4v) is 5.43. The number of pyridine rings is 1. The average Bonchev–Trinajstić information content (AvgIpc) is 3.26. The Balaban J connectivity index is 0.00000241. The summed E-state index contributed by atoms with van der Waals surface area (Å²) in [7, 11) is 0. The van der Waals surface area contributed by atoms with Crippen LogP contribution in [0.4, 0.5) is 0 Å². The number of para-hydroxylation sites is 1. The van der Waals surface area contributed by atoms with Crippen LogP contribution in [0.3, 0.4) is 0 Å². The van der Waals surface area contributed by atoms with Gasteiger partial charge < -0.3 is 14.8 Å². The zero-order valence-corrected chi connectivity index (χ0v) is 20.1. The van der Waals surface area contributed by atoms with Gasteiger partial charge in [0.15, 0.2) is 0 Å². The largest absolute Gasteiger partial charge is 0.506 e. The van der Waals surface area contributed by atoms with Gasteiger partial charge in [0.2, 0.25) is 5.88 Å².